The van der Waals surface area contributed by atoms with Crippen molar-refractivity contribution in [1.29, 1.82) is 0 Å². The second-order valence-electron chi connectivity index (χ2n) is 7.22. The zero-order valence-electron chi connectivity index (χ0n) is 18.5. The SMILES string of the molecule is COc1cccc(CCc2ccccc2OC[C@H](CN(C)C)OCOP(=O)(O)OC)c1. The van der Waals surface area contributed by atoms with E-state index in [4.69, 9.17) is 18.7 Å². The van der Waals surface area contributed by atoms with Gasteiger partial charge in [0.05, 0.1) is 7.11 Å². The van der Waals surface area contributed by atoms with Gasteiger partial charge < -0.3 is 24.0 Å². The number of phosphoric ester groups is 1. The topological polar surface area (TPSA) is 86.7 Å². The zero-order valence-corrected chi connectivity index (χ0v) is 19.4. The predicted molar refractivity (Wildman–Crippen MR) is 119 cm³/mol. The minimum atomic E-state index is -4.08. The molecule has 1 N–H and O–H groups in total. The number of likely N-dealkylation sites (N-methyl/N-ethyl adjacent to an activating group) is 1. The highest BCUT2D eigenvalue weighted by molar-refractivity contribution is 7.47. The summed E-state index contributed by atoms with van der Waals surface area (Å²) < 4.78 is 37.5. The summed E-state index contributed by atoms with van der Waals surface area (Å²) in [5.74, 6) is 1.62. The van der Waals surface area contributed by atoms with Gasteiger partial charge in [0.2, 0.25) is 0 Å². The molecule has 0 heterocycles. The summed E-state index contributed by atoms with van der Waals surface area (Å²) in [5.41, 5.74) is 2.27. The Balaban J connectivity index is 1.95. The van der Waals surface area contributed by atoms with Gasteiger partial charge in [-0.25, -0.2) is 4.57 Å². The molecule has 2 aromatic rings. The van der Waals surface area contributed by atoms with Crippen LogP contribution in [-0.2, 0) is 31.2 Å². The summed E-state index contributed by atoms with van der Waals surface area (Å²) in [6.07, 6.45) is 1.30. The molecule has 0 aliphatic rings. The number of benzene rings is 2. The third kappa shape index (κ3) is 9.39. The highest BCUT2D eigenvalue weighted by atomic mass is 31.2. The maximum Gasteiger partial charge on any atom is 0.474 e. The first kappa shape index (κ1) is 25.3. The van der Waals surface area contributed by atoms with Crippen molar-refractivity contribution in [3.05, 3.63) is 59.7 Å². The monoisotopic (exact) mass is 453 g/mol. The Morgan fingerprint density at radius 3 is 2.55 bits per heavy atom. The highest BCUT2D eigenvalue weighted by Gasteiger charge is 2.20. The molecule has 9 heteroatoms. The van der Waals surface area contributed by atoms with Crippen molar-refractivity contribution >= 4 is 7.82 Å². The molecule has 0 aliphatic carbocycles. The summed E-state index contributed by atoms with van der Waals surface area (Å²) in [6, 6.07) is 15.9. The van der Waals surface area contributed by atoms with Crippen LogP contribution in [0.15, 0.2) is 48.5 Å². The summed E-state index contributed by atoms with van der Waals surface area (Å²) >= 11 is 0. The van der Waals surface area contributed by atoms with Crippen LogP contribution in [0.3, 0.4) is 0 Å². The van der Waals surface area contributed by atoms with Gasteiger partial charge in [0.25, 0.3) is 0 Å². The fraction of sp³-hybridized carbons (Fsp3) is 0.455. The Morgan fingerprint density at radius 2 is 1.84 bits per heavy atom. The van der Waals surface area contributed by atoms with Gasteiger partial charge in [-0.05, 0) is 56.3 Å². The molecule has 2 atom stereocenters. The van der Waals surface area contributed by atoms with Gasteiger partial charge in [-0.2, -0.15) is 0 Å². The van der Waals surface area contributed by atoms with E-state index in [1.165, 1.54) is 5.56 Å². The van der Waals surface area contributed by atoms with E-state index < -0.39 is 7.82 Å². The number of ether oxygens (including phenoxy) is 3. The Kier molecular flexibility index (Phi) is 10.5. The summed E-state index contributed by atoms with van der Waals surface area (Å²) in [4.78, 5) is 11.3. The number of para-hydroxylation sites is 1. The summed E-state index contributed by atoms with van der Waals surface area (Å²) in [5, 5.41) is 0. The summed E-state index contributed by atoms with van der Waals surface area (Å²) in [7, 11) is 2.50. The van der Waals surface area contributed by atoms with Crippen molar-refractivity contribution < 1.29 is 32.7 Å². The van der Waals surface area contributed by atoms with Crippen LogP contribution in [0.5, 0.6) is 11.5 Å². The number of rotatable bonds is 14. The van der Waals surface area contributed by atoms with E-state index in [9.17, 15) is 9.46 Å². The van der Waals surface area contributed by atoms with Crippen molar-refractivity contribution in [3.8, 4) is 11.5 Å². The maximum absolute atomic E-state index is 11.4. The van der Waals surface area contributed by atoms with Crippen LogP contribution in [0, 0.1) is 0 Å². The van der Waals surface area contributed by atoms with Crippen LogP contribution < -0.4 is 9.47 Å². The van der Waals surface area contributed by atoms with E-state index in [0.29, 0.717) is 6.54 Å². The largest absolute Gasteiger partial charge is 0.497 e. The van der Waals surface area contributed by atoms with E-state index in [-0.39, 0.29) is 19.5 Å². The molecule has 2 rings (SSSR count). The summed E-state index contributed by atoms with van der Waals surface area (Å²) in [6.45, 7) is 0.444. The van der Waals surface area contributed by atoms with E-state index in [0.717, 1.165) is 37.0 Å². The van der Waals surface area contributed by atoms with Crippen molar-refractivity contribution in [2.45, 2.75) is 18.9 Å². The number of methoxy groups -OCH3 is 1. The average molecular weight is 453 g/mol. The van der Waals surface area contributed by atoms with Gasteiger partial charge in [-0.15, -0.1) is 0 Å². The first-order chi connectivity index (χ1) is 14.8. The highest BCUT2D eigenvalue weighted by Crippen LogP contribution is 2.41. The molecule has 0 fully saturated rings. The number of phosphoric acid groups is 1. The van der Waals surface area contributed by atoms with Gasteiger partial charge in [0, 0.05) is 13.7 Å². The standard InChI is InChI=1S/C22H32NO7P/c1-23(2)15-21(29-17-30-31(24,25)27-4)16-28-22-11-6-5-9-19(22)13-12-18-8-7-10-20(14-18)26-3/h5-11,14,21H,12-13,15-17H2,1-4H3,(H,24,25)/t21-/m0/s1. The lowest BCUT2D eigenvalue weighted by Crippen LogP contribution is -2.34. The number of hydrogen-bond donors (Lipinski definition) is 1. The molecule has 172 valence electrons. The minimum Gasteiger partial charge on any atom is -0.497 e. The zero-order chi connectivity index (χ0) is 22.7. The Morgan fingerprint density at radius 1 is 1.06 bits per heavy atom. The lowest BCUT2D eigenvalue weighted by atomic mass is 10.0. The van der Waals surface area contributed by atoms with E-state index in [1.807, 2.05) is 61.5 Å². The molecule has 0 radical (unpaired) electrons. The van der Waals surface area contributed by atoms with Crippen LogP contribution in [-0.4, -0.2) is 64.2 Å². The second-order valence-corrected chi connectivity index (χ2v) is 8.78. The third-order valence-corrected chi connectivity index (χ3v) is 5.43. The normalized spacial score (nSPS) is 14.3. The molecule has 0 amide bonds. The first-order valence-corrected chi connectivity index (χ1v) is 11.5. The molecule has 2 aromatic carbocycles. The molecule has 31 heavy (non-hydrogen) atoms. The lowest BCUT2D eigenvalue weighted by molar-refractivity contribution is -0.0700. The van der Waals surface area contributed by atoms with Crippen molar-refractivity contribution in [2.24, 2.45) is 0 Å². The molecular formula is C22H32NO7P. The smallest absolute Gasteiger partial charge is 0.474 e. The Bertz CT molecular complexity index is 846. The number of hydrogen-bond acceptors (Lipinski definition) is 7. The van der Waals surface area contributed by atoms with Gasteiger partial charge >= 0.3 is 7.82 Å². The quantitative estimate of drug-likeness (QED) is 0.344. The Hall–Kier alpha value is -1.93. The molecule has 0 saturated carbocycles. The van der Waals surface area contributed by atoms with Gasteiger partial charge in [0.15, 0.2) is 6.79 Å². The molecule has 0 aromatic heterocycles. The van der Waals surface area contributed by atoms with E-state index >= 15 is 0 Å². The number of aryl methyl sites for hydroxylation is 2. The maximum atomic E-state index is 11.4. The van der Waals surface area contributed by atoms with Crippen LogP contribution in [0.2, 0.25) is 0 Å². The fourth-order valence-corrected chi connectivity index (χ4v) is 3.25. The second kappa shape index (κ2) is 12.8. The lowest BCUT2D eigenvalue weighted by Gasteiger charge is -2.23. The molecule has 1 unspecified atom stereocenters. The molecule has 0 aliphatic heterocycles. The molecule has 0 spiro atoms. The third-order valence-electron chi connectivity index (χ3n) is 4.53. The molecule has 0 bridgehead atoms. The van der Waals surface area contributed by atoms with E-state index in [2.05, 4.69) is 10.6 Å². The average Bonchev–Trinajstić information content (AvgIpc) is 2.76. The van der Waals surface area contributed by atoms with Crippen LogP contribution in [0.4, 0.5) is 0 Å². The Labute approximate surface area is 184 Å². The van der Waals surface area contributed by atoms with Crippen LogP contribution in [0.25, 0.3) is 0 Å². The molecule has 0 saturated heterocycles. The molecular weight excluding hydrogens is 421 g/mol. The predicted octanol–water partition coefficient (Wildman–Crippen LogP) is 3.53. The first-order valence-electron chi connectivity index (χ1n) is 9.96. The van der Waals surface area contributed by atoms with Crippen LogP contribution >= 0.6 is 7.82 Å². The van der Waals surface area contributed by atoms with Crippen molar-refractivity contribution in [1.82, 2.24) is 4.90 Å². The van der Waals surface area contributed by atoms with Crippen molar-refractivity contribution in [3.63, 3.8) is 0 Å². The fourth-order valence-electron chi connectivity index (χ4n) is 2.95. The van der Waals surface area contributed by atoms with Gasteiger partial charge in [-0.1, -0.05) is 30.3 Å². The van der Waals surface area contributed by atoms with Crippen LogP contribution in [0.1, 0.15) is 11.1 Å². The van der Waals surface area contributed by atoms with Crippen molar-refractivity contribution in [2.75, 3.05) is 48.3 Å². The minimum absolute atomic E-state index is 0.264. The number of nitrogens with zero attached hydrogens (tertiary/aromatic N) is 1. The molecule has 8 nitrogen and oxygen atoms in total. The van der Waals surface area contributed by atoms with Gasteiger partial charge in [-0.3, -0.25) is 9.05 Å². The van der Waals surface area contributed by atoms with E-state index in [1.54, 1.807) is 7.11 Å². The van der Waals surface area contributed by atoms with Gasteiger partial charge in [0.1, 0.15) is 24.2 Å².